The summed E-state index contributed by atoms with van der Waals surface area (Å²) >= 11 is 0. The summed E-state index contributed by atoms with van der Waals surface area (Å²) in [6.45, 7) is 7.51. The third-order valence-electron chi connectivity index (χ3n) is 3.87. The van der Waals surface area contributed by atoms with Gasteiger partial charge in [0.05, 0.1) is 0 Å². The summed E-state index contributed by atoms with van der Waals surface area (Å²) in [5.74, 6) is 1.06. The first-order chi connectivity index (χ1) is 9.40. The summed E-state index contributed by atoms with van der Waals surface area (Å²) in [6.07, 6.45) is 4.99. The number of carbonyl (C=O) groups is 1. The largest absolute Gasteiger partial charge is 0.444 e. The minimum Gasteiger partial charge on any atom is -0.444 e. The van der Waals surface area contributed by atoms with Gasteiger partial charge in [0.1, 0.15) is 5.60 Å². The Hall–Kier alpha value is -1.68. The van der Waals surface area contributed by atoms with Crippen LogP contribution in [0.25, 0.3) is 10.4 Å². The van der Waals surface area contributed by atoms with Gasteiger partial charge in [-0.3, -0.25) is 0 Å². The lowest BCUT2D eigenvalue weighted by molar-refractivity contribution is 0.0282. The minimum atomic E-state index is -0.467. The van der Waals surface area contributed by atoms with Crippen LogP contribution >= 0.6 is 0 Å². The number of hydrogen-bond acceptors (Lipinski definition) is 3. The molecule has 0 saturated carbocycles. The molecule has 110 valence electrons. The Morgan fingerprint density at radius 2 is 2.25 bits per heavy atom. The molecule has 6 heteroatoms. The molecule has 3 atom stereocenters. The Labute approximate surface area is 119 Å². The number of rotatable bonds is 2. The fourth-order valence-electron chi connectivity index (χ4n) is 2.99. The molecule has 1 amide bonds. The van der Waals surface area contributed by atoms with Gasteiger partial charge in [-0.2, -0.15) is 0 Å². The molecular weight excluding hydrogens is 256 g/mol. The Morgan fingerprint density at radius 1 is 1.50 bits per heavy atom. The van der Waals surface area contributed by atoms with Crippen molar-refractivity contribution in [3.05, 3.63) is 22.6 Å². The van der Waals surface area contributed by atoms with Crippen molar-refractivity contribution in [1.29, 1.82) is 0 Å². The van der Waals surface area contributed by atoms with Crippen molar-refractivity contribution in [1.82, 2.24) is 4.90 Å². The van der Waals surface area contributed by atoms with Crippen LogP contribution in [0.1, 0.15) is 27.2 Å². The molecule has 0 N–H and O–H groups in total. The standard InChI is InChI=1S/C14H22N4O2/c1-14(2,3)20-13(19)18-8-11-6-4-5-10(7-16-17-15)12(11)9-18/h4,6,10-12H,5,7-9H2,1-3H3. The van der Waals surface area contributed by atoms with Gasteiger partial charge in [0, 0.05) is 24.5 Å². The Balaban J connectivity index is 2.00. The molecule has 1 saturated heterocycles. The molecule has 0 aromatic rings. The summed E-state index contributed by atoms with van der Waals surface area (Å²) in [4.78, 5) is 16.7. The highest BCUT2D eigenvalue weighted by Gasteiger charge is 2.40. The molecule has 3 unspecified atom stereocenters. The molecule has 0 radical (unpaired) electrons. The third kappa shape index (κ3) is 3.45. The maximum atomic E-state index is 12.1. The van der Waals surface area contributed by atoms with Gasteiger partial charge < -0.3 is 9.64 Å². The number of ether oxygens (including phenoxy) is 1. The van der Waals surface area contributed by atoms with Crippen LogP contribution in [-0.4, -0.2) is 36.2 Å². The minimum absolute atomic E-state index is 0.247. The van der Waals surface area contributed by atoms with E-state index in [1.165, 1.54) is 0 Å². The zero-order valence-corrected chi connectivity index (χ0v) is 12.3. The lowest BCUT2D eigenvalue weighted by atomic mass is 9.78. The first-order valence-corrected chi connectivity index (χ1v) is 7.06. The molecule has 0 bridgehead atoms. The smallest absolute Gasteiger partial charge is 0.410 e. The van der Waals surface area contributed by atoms with E-state index in [9.17, 15) is 4.79 Å². The molecule has 20 heavy (non-hydrogen) atoms. The van der Waals surface area contributed by atoms with Gasteiger partial charge in [-0.05, 0) is 50.5 Å². The number of nitrogens with zero attached hydrogens (tertiary/aromatic N) is 4. The van der Waals surface area contributed by atoms with Crippen molar-refractivity contribution < 1.29 is 9.53 Å². The first-order valence-electron chi connectivity index (χ1n) is 7.06. The number of hydrogen-bond donors (Lipinski definition) is 0. The predicted octanol–water partition coefficient (Wildman–Crippen LogP) is 3.36. The highest BCUT2D eigenvalue weighted by molar-refractivity contribution is 5.68. The topological polar surface area (TPSA) is 78.3 Å². The van der Waals surface area contributed by atoms with E-state index >= 15 is 0 Å². The van der Waals surface area contributed by atoms with Crippen LogP contribution in [0.2, 0.25) is 0 Å². The second-order valence-electron chi connectivity index (χ2n) is 6.55. The van der Waals surface area contributed by atoms with Crippen LogP contribution in [-0.2, 0) is 4.74 Å². The Morgan fingerprint density at radius 3 is 2.90 bits per heavy atom. The summed E-state index contributed by atoms with van der Waals surface area (Å²) in [5, 5.41) is 3.70. The van der Waals surface area contributed by atoms with Gasteiger partial charge >= 0.3 is 6.09 Å². The first kappa shape index (κ1) is 14.7. The third-order valence-corrected chi connectivity index (χ3v) is 3.87. The highest BCUT2D eigenvalue weighted by Crippen LogP contribution is 2.37. The fraction of sp³-hybridized carbons (Fsp3) is 0.786. The Kier molecular flexibility index (Phi) is 4.23. The van der Waals surface area contributed by atoms with Gasteiger partial charge in [0.25, 0.3) is 0 Å². The molecule has 2 aliphatic rings. The van der Waals surface area contributed by atoms with Gasteiger partial charge in [-0.15, -0.1) is 0 Å². The van der Waals surface area contributed by atoms with Crippen LogP contribution in [0.3, 0.4) is 0 Å². The molecule has 1 heterocycles. The fourth-order valence-corrected chi connectivity index (χ4v) is 2.99. The van der Waals surface area contributed by atoms with Crippen LogP contribution < -0.4 is 0 Å². The van der Waals surface area contributed by atoms with E-state index in [1.54, 1.807) is 4.90 Å². The lowest BCUT2D eigenvalue weighted by Gasteiger charge is -2.27. The summed E-state index contributed by atoms with van der Waals surface area (Å²) in [6, 6.07) is 0. The summed E-state index contributed by atoms with van der Waals surface area (Å²) in [5.41, 5.74) is 7.99. The number of amides is 1. The number of fused-ring (bicyclic) bond motifs is 1. The van der Waals surface area contributed by atoms with Crippen molar-refractivity contribution in [3.8, 4) is 0 Å². The van der Waals surface area contributed by atoms with E-state index < -0.39 is 5.60 Å². The molecule has 2 rings (SSSR count). The van der Waals surface area contributed by atoms with Crippen molar-refractivity contribution >= 4 is 6.09 Å². The molecule has 1 aliphatic carbocycles. The molecule has 6 nitrogen and oxygen atoms in total. The molecule has 0 aromatic heterocycles. The van der Waals surface area contributed by atoms with Crippen LogP contribution in [0.5, 0.6) is 0 Å². The average molecular weight is 278 g/mol. The van der Waals surface area contributed by atoms with Gasteiger partial charge in [-0.25, -0.2) is 4.79 Å². The van der Waals surface area contributed by atoms with E-state index in [1.807, 2.05) is 20.8 Å². The van der Waals surface area contributed by atoms with E-state index in [0.717, 1.165) is 6.42 Å². The Bertz CT molecular complexity index is 449. The summed E-state index contributed by atoms with van der Waals surface area (Å²) < 4.78 is 5.43. The number of azide groups is 1. The zero-order chi connectivity index (χ0) is 14.8. The monoisotopic (exact) mass is 278 g/mol. The van der Waals surface area contributed by atoms with Gasteiger partial charge in [0.15, 0.2) is 0 Å². The number of carbonyl (C=O) groups excluding carboxylic acids is 1. The van der Waals surface area contributed by atoms with Crippen LogP contribution in [0, 0.1) is 17.8 Å². The van der Waals surface area contributed by atoms with Crippen molar-refractivity contribution in [2.45, 2.75) is 32.8 Å². The quantitative estimate of drug-likeness (QED) is 0.336. The van der Waals surface area contributed by atoms with Gasteiger partial charge in [-0.1, -0.05) is 17.3 Å². The van der Waals surface area contributed by atoms with Crippen molar-refractivity contribution in [3.63, 3.8) is 0 Å². The van der Waals surface area contributed by atoms with E-state index in [-0.39, 0.29) is 6.09 Å². The maximum Gasteiger partial charge on any atom is 0.410 e. The average Bonchev–Trinajstić information content (AvgIpc) is 2.78. The second kappa shape index (κ2) is 5.75. The highest BCUT2D eigenvalue weighted by atomic mass is 16.6. The molecular formula is C14H22N4O2. The normalized spacial score (nSPS) is 28.8. The molecule has 0 spiro atoms. The van der Waals surface area contributed by atoms with E-state index in [0.29, 0.717) is 37.4 Å². The number of allylic oxidation sites excluding steroid dienone is 1. The van der Waals surface area contributed by atoms with Crippen LogP contribution in [0.4, 0.5) is 4.79 Å². The molecule has 1 fully saturated rings. The number of likely N-dealkylation sites (tertiary alicyclic amines) is 1. The van der Waals surface area contributed by atoms with E-state index in [4.69, 9.17) is 10.3 Å². The lowest BCUT2D eigenvalue weighted by Crippen LogP contribution is -2.36. The van der Waals surface area contributed by atoms with Crippen molar-refractivity contribution in [2.75, 3.05) is 19.6 Å². The van der Waals surface area contributed by atoms with Crippen molar-refractivity contribution in [2.24, 2.45) is 22.9 Å². The molecule has 0 aromatic carbocycles. The van der Waals surface area contributed by atoms with E-state index in [2.05, 4.69) is 22.2 Å². The summed E-state index contributed by atoms with van der Waals surface area (Å²) in [7, 11) is 0. The maximum absolute atomic E-state index is 12.1. The SMILES string of the molecule is CC(C)(C)OC(=O)N1CC2C=CCC(CN=[N+]=[N-])C2C1. The second-order valence-corrected chi connectivity index (χ2v) is 6.55. The zero-order valence-electron chi connectivity index (χ0n) is 12.3. The van der Waals surface area contributed by atoms with Gasteiger partial charge in [0.2, 0.25) is 0 Å². The predicted molar refractivity (Wildman–Crippen MR) is 76.0 cm³/mol. The van der Waals surface area contributed by atoms with Crippen LogP contribution in [0.15, 0.2) is 17.3 Å². The molecule has 1 aliphatic heterocycles.